The topological polar surface area (TPSA) is 82.6 Å². The van der Waals surface area contributed by atoms with Gasteiger partial charge in [0.1, 0.15) is 4.21 Å². The molecule has 0 spiro atoms. The summed E-state index contributed by atoms with van der Waals surface area (Å²) in [6.45, 7) is 2.60. The van der Waals surface area contributed by atoms with E-state index in [1.54, 1.807) is 30.6 Å². The summed E-state index contributed by atoms with van der Waals surface area (Å²) in [5.41, 5.74) is 1.14. The van der Waals surface area contributed by atoms with Gasteiger partial charge in [-0.15, -0.1) is 11.3 Å². The molecule has 1 atom stereocenters. The Balaban J connectivity index is 1.19. The molecule has 2 aliphatic rings. The van der Waals surface area contributed by atoms with Gasteiger partial charge in [0.15, 0.2) is 0 Å². The maximum Gasteiger partial charge on any atom is 0.250 e. The molecule has 1 aromatic carbocycles. The molecule has 2 fully saturated rings. The van der Waals surface area contributed by atoms with Crippen molar-refractivity contribution in [3.05, 3.63) is 53.8 Å². The number of nitrogens with zero attached hydrogens (tertiary/aromatic N) is 3. The van der Waals surface area contributed by atoms with Gasteiger partial charge >= 0.3 is 0 Å². The molecule has 7 nitrogen and oxygen atoms in total. The number of benzene rings is 1. The van der Waals surface area contributed by atoms with Gasteiger partial charge in [-0.25, -0.2) is 13.1 Å². The standard InChI is InChI=1S/C24H27ClN4O3S2/c25-19-3-4-22-18(14-19)15-23(33-22)34(31,32)27-16-21-2-1-11-29(21)24(30)17-7-12-28(13-8-17)20-5-9-26-10-6-20/h3-6,9-10,14-15,17,21,27H,1-2,7-8,11-13,16H2. The van der Waals surface area contributed by atoms with Crippen molar-refractivity contribution in [3.8, 4) is 0 Å². The summed E-state index contributed by atoms with van der Waals surface area (Å²) in [6, 6.07) is 10.9. The molecule has 0 aliphatic carbocycles. The quantitative estimate of drug-likeness (QED) is 0.530. The van der Waals surface area contributed by atoms with Crippen LogP contribution in [-0.4, -0.2) is 56.4 Å². The third kappa shape index (κ3) is 4.93. The molecule has 2 aliphatic heterocycles. The maximum atomic E-state index is 13.3. The number of rotatable bonds is 6. The van der Waals surface area contributed by atoms with Gasteiger partial charge in [-0.1, -0.05) is 11.6 Å². The minimum atomic E-state index is -3.66. The zero-order valence-electron chi connectivity index (χ0n) is 18.7. The highest BCUT2D eigenvalue weighted by Gasteiger charge is 2.35. The molecule has 0 saturated carbocycles. The average Bonchev–Trinajstić information content (AvgIpc) is 3.50. The summed E-state index contributed by atoms with van der Waals surface area (Å²) in [5.74, 6) is 0.148. The number of amides is 1. The molecule has 34 heavy (non-hydrogen) atoms. The zero-order chi connectivity index (χ0) is 23.7. The van der Waals surface area contributed by atoms with E-state index >= 15 is 0 Å². The van der Waals surface area contributed by atoms with E-state index in [1.165, 1.54) is 11.3 Å². The Morgan fingerprint density at radius 1 is 1.09 bits per heavy atom. The van der Waals surface area contributed by atoms with E-state index in [2.05, 4.69) is 14.6 Å². The number of fused-ring (bicyclic) bond motifs is 1. The Morgan fingerprint density at radius 2 is 1.85 bits per heavy atom. The molecule has 1 N–H and O–H groups in total. The third-order valence-electron chi connectivity index (χ3n) is 6.76. The van der Waals surface area contributed by atoms with Gasteiger partial charge in [0.05, 0.1) is 0 Å². The van der Waals surface area contributed by atoms with Crippen molar-refractivity contribution in [2.24, 2.45) is 5.92 Å². The van der Waals surface area contributed by atoms with Crippen LogP contribution in [0.15, 0.2) is 53.0 Å². The number of pyridine rings is 1. The number of aromatic nitrogens is 1. The van der Waals surface area contributed by atoms with Crippen molar-refractivity contribution in [2.45, 2.75) is 35.9 Å². The van der Waals surface area contributed by atoms with E-state index in [-0.39, 0.29) is 28.6 Å². The fourth-order valence-electron chi connectivity index (χ4n) is 4.91. The van der Waals surface area contributed by atoms with Crippen molar-refractivity contribution in [3.63, 3.8) is 0 Å². The summed E-state index contributed by atoms with van der Waals surface area (Å²) in [5, 5.41) is 1.39. The van der Waals surface area contributed by atoms with Gasteiger partial charge in [-0.3, -0.25) is 9.78 Å². The zero-order valence-corrected chi connectivity index (χ0v) is 21.1. The Bertz CT molecular complexity index is 1270. The minimum Gasteiger partial charge on any atom is -0.371 e. The van der Waals surface area contributed by atoms with E-state index < -0.39 is 10.0 Å². The van der Waals surface area contributed by atoms with Gasteiger partial charge in [-0.2, -0.15) is 0 Å². The van der Waals surface area contributed by atoms with Crippen LogP contribution in [0.5, 0.6) is 0 Å². The van der Waals surface area contributed by atoms with E-state index in [4.69, 9.17) is 11.6 Å². The largest absolute Gasteiger partial charge is 0.371 e. The number of sulfonamides is 1. The summed E-state index contributed by atoms with van der Waals surface area (Å²) in [6.07, 6.45) is 6.90. The van der Waals surface area contributed by atoms with Gasteiger partial charge in [-0.05, 0) is 67.5 Å². The molecule has 4 heterocycles. The highest BCUT2D eigenvalue weighted by Crippen LogP contribution is 2.31. The lowest BCUT2D eigenvalue weighted by atomic mass is 9.94. The third-order valence-corrected chi connectivity index (χ3v) is 10.0. The highest BCUT2D eigenvalue weighted by atomic mass is 35.5. The predicted molar refractivity (Wildman–Crippen MR) is 136 cm³/mol. The van der Waals surface area contributed by atoms with Crippen LogP contribution in [0.1, 0.15) is 25.7 Å². The molecule has 2 saturated heterocycles. The van der Waals surface area contributed by atoms with Crippen LogP contribution in [0.3, 0.4) is 0 Å². The predicted octanol–water partition coefficient (Wildman–Crippen LogP) is 4.14. The first-order valence-corrected chi connectivity index (χ1v) is 14.2. The van der Waals surface area contributed by atoms with Crippen LogP contribution in [-0.2, 0) is 14.8 Å². The number of halogens is 1. The molecule has 5 rings (SSSR count). The van der Waals surface area contributed by atoms with Crippen LogP contribution >= 0.6 is 22.9 Å². The second-order valence-electron chi connectivity index (χ2n) is 8.89. The summed E-state index contributed by atoms with van der Waals surface area (Å²) in [4.78, 5) is 21.6. The van der Waals surface area contributed by atoms with E-state index in [9.17, 15) is 13.2 Å². The second-order valence-corrected chi connectivity index (χ2v) is 12.4. The van der Waals surface area contributed by atoms with Crippen molar-refractivity contribution >= 4 is 54.6 Å². The van der Waals surface area contributed by atoms with E-state index in [0.717, 1.165) is 54.5 Å². The molecule has 0 radical (unpaired) electrons. The van der Waals surface area contributed by atoms with Gasteiger partial charge < -0.3 is 9.80 Å². The molecule has 2 aromatic heterocycles. The Morgan fingerprint density at radius 3 is 2.62 bits per heavy atom. The van der Waals surface area contributed by atoms with Gasteiger partial charge in [0.25, 0.3) is 0 Å². The van der Waals surface area contributed by atoms with Crippen molar-refractivity contribution < 1.29 is 13.2 Å². The first kappa shape index (κ1) is 23.5. The Labute approximate surface area is 208 Å². The number of hydrogen-bond acceptors (Lipinski definition) is 6. The minimum absolute atomic E-state index is 0.0114. The molecule has 1 unspecified atom stereocenters. The van der Waals surface area contributed by atoms with Crippen molar-refractivity contribution in [2.75, 3.05) is 31.1 Å². The van der Waals surface area contributed by atoms with Crippen molar-refractivity contribution in [1.82, 2.24) is 14.6 Å². The number of carbonyl (C=O) groups is 1. The number of thiophene rings is 1. The number of anilines is 1. The van der Waals surface area contributed by atoms with Crippen LogP contribution in [0.2, 0.25) is 5.02 Å². The van der Waals surface area contributed by atoms with E-state index in [0.29, 0.717) is 11.6 Å². The van der Waals surface area contributed by atoms with Crippen molar-refractivity contribution in [1.29, 1.82) is 0 Å². The smallest absolute Gasteiger partial charge is 0.250 e. The summed E-state index contributed by atoms with van der Waals surface area (Å²) >= 11 is 7.26. The highest BCUT2D eigenvalue weighted by molar-refractivity contribution is 7.91. The Hall–Kier alpha value is -2.20. The molecule has 0 bridgehead atoms. The molecular formula is C24H27ClN4O3S2. The van der Waals surface area contributed by atoms with E-state index in [1.807, 2.05) is 23.1 Å². The summed E-state index contributed by atoms with van der Waals surface area (Å²) in [7, 11) is -3.66. The second kappa shape index (κ2) is 9.81. The van der Waals surface area contributed by atoms with Crippen LogP contribution in [0.4, 0.5) is 5.69 Å². The van der Waals surface area contributed by atoms with Crippen LogP contribution in [0.25, 0.3) is 10.1 Å². The van der Waals surface area contributed by atoms with Crippen LogP contribution < -0.4 is 9.62 Å². The molecule has 1 amide bonds. The number of carbonyl (C=O) groups excluding carboxylic acids is 1. The normalized spacial score (nSPS) is 19.7. The maximum absolute atomic E-state index is 13.3. The molecular weight excluding hydrogens is 492 g/mol. The fourth-order valence-corrected chi connectivity index (χ4v) is 7.59. The SMILES string of the molecule is O=C(C1CCN(c2ccncc2)CC1)N1CCCC1CNS(=O)(=O)c1cc2cc(Cl)ccc2s1. The number of hydrogen-bond donors (Lipinski definition) is 1. The monoisotopic (exact) mass is 518 g/mol. The van der Waals surface area contributed by atoms with Gasteiger partial charge in [0, 0.05) is 65.9 Å². The fraction of sp³-hybridized carbons (Fsp3) is 0.417. The number of piperidine rings is 1. The lowest BCUT2D eigenvalue weighted by Gasteiger charge is -2.36. The average molecular weight is 519 g/mol. The lowest BCUT2D eigenvalue weighted by Crippen LogP contribution is -2.47. The molecule has 10 heteroatoms. The van der Waals surface area contributed by atoms with Crippen LogP contribution in [0, 0.1) is 5.92 Å². The first-order chi connectivity index (χ1) is 16.4. The summed E-state index contributed by atoms with van der Waals surface area (Å²) < 4.78 is 29.8. The van der Waals surface area contributed by atoms with Gasteiger partial charge in [0.2, 0.25) is 15.9 Å². The lowest BCUT2D eigenvalue weighted by molar-refractivity contribution is -0.136. The molecule has 3 aromatic rings. The number of nitrogens with one attached hydrogen (secondary N) is 1. The number of likely N-dealkylation sites (tertiary alicyclic amines) is 1. The first-order valence-electron chi connectivity index (χ1n) is 11.5. The molecule has 180 valence electrons. The Kier molecular flexibility index (Phi) is 6.79.